The zero-order valence-corrected chi connectivity index (χ0v) is 20.6. The molecule has 188 valence electrons. The molecule has 0 radical (unpaired) electrons. The maximum atomic E-state index is 9.64. The van der Waals surface area contributed by atoms with E-state index in [9.17, 15) is 5.26 Å². The second-order valence-corrected chi connectivity index (χ2v) is 9.58. The minimum absolute atomic E-state index is 0.267. The lowest BCUT2D eigenvalue weighted by molar-refractivity contribution is 0.0181. The van der Waals surface area contributed by atoms with E-state index in [0.717, 1.165) is 49.4 Å². The van der Waals surface area contributed by atoms with Gasteiger partial charge in [0.05, 0.1) is 30.0 Å². The number of anilines is 1. The van der Waals surface area contributed by atoms with Crippen LogP contribution in [-0.2, 0) is 9.47 Å². The minimum atomic E-state index is -0.543. The molecule has 2 aliphatic rings. The Hall–Kier alpha value is -2.87. The summed E-state index contributed by atoms with van der Waals surface area (Å²) in [6.07, 6.45) is 8.93. The van der Waals surface area contributed by atoms with E-state index in [1.807, 2.05) is 12.1 Å². The largest absolute Gasteiger partial charge is 0.475 e. The van der Waals surface area contributed by atoms with Gasteiger partial charge in [0.1, 0.15) is 18.8 Å². The van der Waals surface area contributed by atoms with Gasteiger partial charge in [-0.25, -0.2) is 9.97 Å². The minimum Gasteiger partial charge on any atom is -0.475 e. The third-order valence-corrected chi connectivity index (χ3v) is 6.79. The van der Waals surface area contributed by atoms with Crippen molar-refractivity contribution >= 4 is 5.82 Å². The summed E-state index contributed by atoms with van der Waals surface area (Å²) < 4.78 is 16.5. The fraction of sp³-hybridized carbons (Fsp3) is 0.640. The zero-order chi connectivity index (χ0) is 24.5. The van der Waals surface area contributed by atoms with Crippen LogP contribution in [0.2, 0.25) is 0 Å². The fourth-order valence-electron chi connectivity index (χ4n) is 4.73. The summed E-state index contributed by atoms with van der Waals surface area (Å²) in [5, 5.41) is 25.0. The fourth-order valence-corrected chi connectivity index (χ4v) is 4.73. The lowest BCUT2D eigenvalue weighted by atomic mass is 9.83. The van der Waals surface area contributed by atoms with E-state index in [1.165, 1.54) is 0 Å². The Morgan fingerprint density at radius 3 is 2.69 bits per heavy atom. The van der Waals surface area contributed by atoms with E-state index >= 15 is 0 Å². The zero-order valence-electron chi connectivity index (χ0n) is 20.6. The van der Waals surface area contributed by atoms with E-state index < -0.39 is 5.41 Å². The first kappa shape index (κ1) is 25.2. The molecule has 2 N–H and O–H groups in total. The van der Waals surface area contributed by atoms with Crippen LogP contribution in [-0.4, -0.2) is 71.8 Å². The second kappa shape index (κ2) is 12.2. The average Bonchev–Trinajstić information content (AvgIpc) is 2.90. The number of nitrogens with one attached hydrogen (secondary N) is 2. The highest BCUT2D eigenvalue weighted by Gasteiger charge is 2.34. The maximum Gasteiger partial charge on any atom is 0.234 e. The summed E-state index contributed by atoms with van der Waals surface area (Å²) in [4.78, 5) is 8.84. The van der Waals surface area contributed by atoms with E-state index in [0.29, 0.717) is 50.1 Å². The molecule has 0 amide bonds. The van der Waals surface area contributed by atoms with Gasteiger partial charge < -0.3 is 24.8 Å². The molecule has 10 nitrogen and oxygen atoms in total. The maximum absolute atomic E-state index is 9.64. The van der Waals surface area contributed by atoms with Crippen LogP contribution in [0.1, 0.15) is 45.4 Å². The summed E-state index contributed by atoms with van der Waals surface area (Å²) in [5.41, 5.74) is 0.990. The van der Waals surface area contributed by atoms with Crippen LogP contribution in [0, 0.1) is 16.7 Å². The van der Waals surface area contributed by atoms with Gasteiger partial charge in [-0.1, -0.05) is 0 Å². The molecule has 10 heteroatoms. The molecule has 0 spiro atoms. The number of methoxy groups -OCH3 is 1. The van der Waals surface area contributed by atoms with E-state index in [2.05, 4.69) is 43.8 Å². The van der Waals surface area contributed by atoms with Gasteiger partial charge in [-0.15, -0.1) is 5.10 Å². The molecular formula is C25H35N7O3. The lowest BCUT2D eigenvalue weighted by Gasteiger charge is -2.31. The number of nitrogens with zero attached hydrogens (tertiary/aromatic N) is 5. The molecule has 3 heterocycles. The summed E-state index contributed by atoms with van der Waals surface area (Å²) in [5.74, 6) is 1.18. The second-order valence-electron chi connectivity index (χ2n) is 9.58. The van der Waals surface area contributed by atoms with Crippen molar-refractivity contribution in [2.45, 2.75) is 63.6 Å². The molecule has 1 saturated heterocycles. The highest BCUT2D eigenvalue weighted by atomic mass is 16.5. The molecular weight excluding hydrogens is 446 g/mol. The number of rotatable bonds is 10. The molecule has 0 unspecified atom stereocenters. The Bertz CT molecular complexity index is 985. The average molecular weight is 482 g/mol. The molecule has 1 aliphatic carbocycles. The smallest absolute Gasteiger partial charge is 0.234 e. The standard InChI is InChI=1S/C25H35N7O3/c1-18(14-33-2)30-20-3-5-21(6-4-20)31-23-12-22(27-17-28-23)19-11-24(32-29-13-19)35-16-25(15-26)7-9-34-10-8-25/h11-13,17-18,20-21,30H,3-10,14,16H2,1-2H3,(H,27,28,31)/t18-,20?,21?/m0/s1. The molecule has 2 aromatic heterocycles. The number of nitriles is 1. The van der Waals surface area contributed by atoms with Crippen molar-refractivity contribution in [3.05, 3.63) is 24.7 Å². The first-order chi connectivity index (χ1) is 17.1. The Morgan fingerprint density at radius 2 is 1.94 bits per heavy atom. The van der Waals surface area contributed by atoms with Crippen LogP contribution in [0.25, 0.3) is 11.3 Å². The predicted octanol–water partition coefficient (Wildman–Crippen LogP) is 2.98. The van der Waals surface area contributed by atoms with Crippen molar-refractivity contribution in [2.24, 2.45) is 5.41 Å². The lowest BCUT2D eigenvalue weighted by Crippen LogP contribution is -2.42. The summed E-state index contributed by atoms with van der Waals surface area (Å²) in [6.45, 7) is 4.30. The molecule has 2 fully saturated rings. The van der Waals surface area contributed by atoms with E-state index in [-0.39, 0.29) is 6.61 Å². The Morgan fingerprint density at radius 1 is 1.17 bits per heavy atom. The van der Waals surface area contributed by atoms with Gasteiger partial charge in [-0.3, -0.25) is 0 Å². The van der Waals surface area contributed by atoms with E-state index in [1.54, 1.807) is 19.6 Å². The van der Waals surface area contributed by atoms with Gasteiger partial charge in [0.25, 0.3) is 0 Å². The van der Waals surface area contributed by atoms with Gasteiger partial charge in [0.2, 0.25) is 5.88 Å². The first-order valence-electron chi connectivity index (χ1n) is 12.4. The van der Waals surface area contributed by atoms with Crippen molar-refractivity contribution in [1.82, 2.24) is 25.5 Å². The topological polar surface area (TPSA) is 127 Å². The van der Waals surface area contributed by atoms with E-state index in [4.69, 9.17) is 14.2 Å². The highest BCUT2D eigenvalue weighted by molar-refractivity contribution is 5.62. The summed E-state index contributed by atoms with van der Waals surface area (Å²) in [6, 6.07) is 7.42. The van der Waals surface area contributed by atoms with Crippen LogP contribution in [0.3, 0.4) is 0 Å². The first-order valence-corrected chi connectivity index (χ1v) is 12.4. The van der Waals surface area contributed by atoms with Crippen LogP contribution in [0.5, 0.6) is 5.88 Å². The van der Waals surface area contributed by atoms with Crippen LogP contribution < -0.4 is 15.4 Å². The third-order valence-electron chi connectivity index (χ3n) is 6.79. The summed E-state index contributed by atoms with van der Waals surface area (Å²) in [7, 11) is 1.74. The molecule has 0 bridgehead atoms. The monoisotopic (exact) mass is 481 g/mol. The predicted molar refractivity (Wildman–Crippen MR) is 131 cm³/mol. The van der Waals surface area contributed by atoms with Crippen LogP contribution in [0.4, 0.5) is 5.82 Å². The molecule has 1 saturated carbocycles. The van der Waals surface area contributed by atoms with Crippen molar-refractivity contribution in [3.63, 3.8) is 0 Å². The third kappa shape index (κ3) is 7.07. The number of hydrogen-bond acceptors (Lipinski definition) is 10. The van der Waals surface area contributed by atoms with Crippen molar-refractivity contribution in [1.29, 1.82) is 5.26 Å². The molecule has 35 heavy (non-hydrogen) atoms. The molecule has 4 rings (SSSR count). The van der Waals surface area contributed by atoms with Crippen molar-refractivity contribution in [3.8, 4) is 23.2 Å². The van der Waals surface area contributed by atoms with Gasteiger partial charge in [-0.2, -0.15) is 10.4 Å². The van der Waals surface area contributed by atoms with Crippen molar-refractivity contribution < 1.29 is 14.2 Å². The number of ether oxygens (including phenoxy) is 3. The van der Waals surface area contributed by atoms with Gasteiger partial charge in [-0.05, 0) is 45.4 Å². The Kier molecular flexibility index (Phi) is 8.79. The van der Waals surface area contributed by atoms with Crippen LogP contribution >= 0.6 is 0 Å². The normalized spacial score (nSPS) is 22.7. The SMILES string of the molecule is COC[C@H](C)NC1CCC(Nc2cc(-c3cnnc(OCC4(C#N)CCOCC4)c3)ncn2)CC1. The highest BCUT2D eigenvalue weighted by Crippen LogP contribution is 2.31. The van der Waals surface area contributed by atoms with Gasteiger partial charge >= 0.3 is 0 Å². The molecule has 2 aromatic rings. The quantitative estimate of drug-likeness (QED) is 0.523. The summed E-state index contributed by atoms with van der Waals surface area (Å²) >= 11 is 0. The number of hydrogen-bond donors (Lipinski definition) is 2. The van der Waals surface area contributed by atoms with Crippen molar-refractivity contribution in [2.75, 3.05) is 38.9 Å². The number of aromatic nitrogens is 4. The Balaban J connectivity index is 1.33. The van der Waals surface area contributed by atoms with Gasteiger partial charge in [0, 0.05) is 56.1 Å². The van der Waals surface area contributed by atoms with Gasteiger partial charge in [0.15, 0.2) is 0 Å². The molecule has 1 aliphatic heterocycles. The Labute approximate surface area is 206 Å². The molecule has 1 atom stereocenters. The van der Waals surface area contributed by atoms with Crippen LogP contribution in [0.15, 0.2) is 24.7 Å². The molecule has 0 aromatic carbocycles.